The van der Waals surface area contributed by atoms with E-state index in [0.29, 0.717) is 6.04 Å². The molecule has 1 aromatic rings. The first-order valence-electron chi connectivity index (χ1n) is 5.63. The van der Waals surface area contributed by atoms with Crippen LogP contribution in [0.1, 0.15) is 18.7 Å². The van der Waals surface area contributed by atoms with Crippen molar-refractivity contribution in [3.63, 3.8) is 0 Å². The number of hydrogen-bond acceptors (Lipinski definition) is 5. The molecule has 1 aliphatic heterocycles. The lowest BCUT2D eigenvalue weighted by molar-refractivity contribution is 0.176. The summed E-state index contributed by atoms with van der Waals surface area (Å²) in [6, 6.07) is 0.686. The minimum absolute atomic E-state index is 0.686. The summed E-state index contributed by atoms with van der Waals surface area (Å²) in [5, 5.41) is 7.43. The lowest BCUT2D eigenvalue weighted by Crippen LogP contribution is -2.51. The third kappa shape index (κ3) is 2.18. The number of hydrogen-bond donors (Lipinski definition) is 1. The molecule has 1 atom stereocenters. The highest BCUT2D eigenvalue weighted by Crippen LogP contribution is 2.33. The SMILES string of the molecule is c1nc(CN2CCNC(C3CC3)C2)no1. The van der Waals surface area contributed by atoms with Gasteiger partial charge in [0.25, 0.3) is 0 Å². The number of rotatable bonds is 3. The highest BCUT2D eigenvalue weighted by molar-refractivity contribution is 4.92. The second-order valence-electron chi connectivity index (χ2n) is 4.48. The van der Waals surface area contributed by atoms with Gasteiger partial charge in [-0.2, -0.15) is 4.98 Å². The van der Waals surface area contributed by atoms with Gasteiger partial charge in [0, 0.05) is 25.7 Å². The molecule has 2 aliphatic rings. The number of piperazine rings is 1. The van der Waals surface area contributed by atoms with Crippen LogP contribution in [-0.4, -0.2) is 40.7 Å². The van der Waals surface area contributed by atoms with Gasteiger partial charge < -0.3 is 9.84 Å². The minimum Gasteiger partial charge on any atom is -0.343 e. The van der Waals surface area contributed by atoms with Gasteiger partial charge in [-0.1, -0.05) is 5.16 Å². The Morgan fingerprint density at radius 2 is 2.47 bits per heavy atom. The monoisotopic (exact) mass is 208 g/mol. The molecular formula is C10H16N4O. The van der Waals surface area contributed by atoms with Gasteiger partial charge in [-0.15, -0.1) is 0 Å². The van der Waals surface area contributed by atoms with Crippen LogP contribution in [0.3, 0.4) is 0 Å². The first kappa shape index (κ1) is 9.30. The summed E-state index contributed by atoms with van der Waals surface area (Å²) < 4.78 is 4.74. The van der Waals surface area contributed by atoms with E-state index in [0.717, 1.165) is 37.9 Å². The lowest BCUT2D eigenvalue weighted by Gasteiger charge is -2.33. The Balaban J connectivity index is 1.56. The summed E-state index contributed by atoms with van der Waals surface area (Å²) in [6.07, 6.45) is 4.19. The second kappa shape index (κ2) is 3.90. The molecule has 5 nitrogen and oxygen atoms in total. The van der Waals surface area contributed by atoms with Crippen molar-refractivity contribution in [2.75, 3.05) is 19.6 Å². The maximum atomic E-state index is 4.74. The predicted octanol–water partition coefficient (Wildman–Crippen LogP) is 0.253. The smallest absolute Gasteiger partial charge is 0.213 e. The molecule has 3 rings (SSSR count). The van der Waals surface area contributed by atoms with Gasteiger partial charge in [-0.05, 0) is 18.8 Å². The molecule has 1 unspecified atom stereocenters. The van der Waals surface area contributed by atoms with Gasteiger partial charge in [0.05, 0.1) is 6.54 Å². The van der Waals surface area contributed by atoms with Crippen LogP contribution in [0.2, 0.25) is 0 Å². The summed E-state index contributed by atoms with van der Waals surface area (Å²) >= 11 is 0. The van der Waals surface area contributed by atoms with Crippen molar-refractivity contribution in [1.29, 1.82) is 0 Å². The first-order chi connectivity index (χ1) is 7.42. The summed E-state index contributed by atoms with van der Waals surface area (Å²) in [7, 11) is 0. The molecule has 1 aliphatic carbocycles. The van der Waals surface area contributed by atoms with Crippen LogP contribution in [-0.2, 0) is 6.54 Å². The Labute approximate surface area is 88.8 Å². The molecule has 1 saturated heterocycles. The average Bonchev–Trinajstić information content (AvgIpc) is 3.00. The van der Waals surface area contributed by atoms with Crippen LogP contribution in [0.5, 0.6) is 0 Å². The van der Waals surface area contributed by atoms with Crippen LogP contribution >= 0.6 is 0 Å². The van der Waals surface area contributed by atoms with Crippen molar-refractivity contribution in [2.24, 2.45) is 5.92 Å². The fourth-order valence-electron chi connectivity index (χ4n) is 2.26. The van der Waals surface area contributed by atoms with Gasteiger partial charge in [0.1, 0.15) is 0 Å². The number of nitrogens with one attached hydrogen (secondary N) is 1. The molecule has 0 radical (unpaired) electrons. The molecule has 5 heteroatoms. The largest absolute Gasteiger partial charge is 0.343 e. The van der Waals surface area contributed by atoms with Gasteiger partial charge in [-0.3, -0.25) is 4.90 Å². The van der Waals surface area contributed by atoms with Gasteiger partial charge in [0.15, 0.2) is 5.82 Å². The van der Waals surface area contributed by atoms with Crippen LogP contribution in [0.25, 0.3) is 0 Å². The molecule has 82 valence electrons. The number of nitrogens with zero attached hydrogens (tertiary/aromatic N) is 3. The van der Waals surface area contributed by atoms with Gasteiger partial charge in [0.2, 0.25) is 6.39 Å². The van der Waals surface area contributed by atoms with E-state index >= 15 is 0 Å². The van der Waals surface area contributed by atoms with Crippen LogP contribution in [0.4, 0.5) is 0 Å². The zero-order chi connectivity index (χ0) is 10.1. The third-order valence-electron chi connectivity index (χ3n) is 3.25. The molecule has 1 saturated carbocycles. The van der Waals surface area contributed by atoms with Crippen molar-refractivity contribution in [2.45, 2.75) is 25.4 Å². The fraction of sp³-hybridized carbons (Fsp3) is 0.800. The molecule has 0 aromatic carbocycles. The highest BCUT2D eigenvalue weighted by atomic mass is 16.5. The van der Waals surface area contributed by atoms with E-state index in [1.54, 1.807) is 0 Å². The second-order valence-corrected chi connectivity index (χ2v) is 4.48. The van der Waals surface area contributed by atoms with E-state index in [1.165, 1.54) is 19.2 Å². The molecule has 2 fully saturated rings. The minimum atomic E-state index is 0.686. The molecule has 0 bridgehead atoms. The van der Waals surface area contributed by atoms with Crippen LogP contribution < -0.4 is 5.32 Å². The summed E-state index contributed by atoms with van der Waals surface area (Å²) in [6.45, 7) is 4.11. The fourth-order valence-corrected chi connectivity index (χ4v) is 2.26. The van der Waals surface area contributed by atoms with Crippen LogP contribution in [0, 0.1) is 5.92 Å². The molecule has 1 N–H and O–H groups in total. The zero-order valence-electron chi connectivity index (χ0n) is 8.72. The van der Waals surface area contributed by atoms with E-state index in [-0.39, 0.29) is 0 Å². The van der Waals surface area contributed by atoms with E-state index in [4.69, 9.17) is 4.52 Å². The summed E-state index contributed by atoms with van der Waals surface area (Å²) in [5.41, 5.74) is 0. The lowest BCUT2D eigenvalue weighted by atomic mass is 10.1. The third-order valence-corrected chi connectivity index (χ3v) is 3.25. The van der Waals surface area contributed by atoms with Gasteiger partial charge in [-0.25, -0.2) is 0 Å². The van der Waals surface area contributed by atoms with Gasteiger partial charge >= 0.3 is 0 Å². The number of aromatic nitrogens is 2. The molecule has 1 aromatic heterocycles. The van der Waals surface area contributed by atoms with Crippen molar-refractivity contribution >= 4 is 0 Å². The Kier molecular flexibility index (Phi) is 2.42. The zero-order valence-corrected chi connectivity index (χ0v) is 8.72. The predicted molar refractivity (Wildman–Crippen MR) is 54.1 cm³/mol. The quantitative estimate of drug-likeness (QED) is 0.772. The van der Waals surface area contributed by atoms with Crippen molar-refractivity contribution in [1.82, 2.24) is 20.4 Å². The van der Waals surface area contributed by atoms with E-state index < -0.39 is 0 Å². The maximum Gasteiger partial charge on any atom is 0.213 e. The topological polar surface area (TPSA) is 54.2 Å². The molecule has 0 amide bonds. The maximum absolute atomic E-state index is 4.74. The first-order valence-corrected chi connectivity index (χ1v) is 5.63. The Hall–Kier alpha value is -0.940. The standard InChI is InChI=1S/C10H16N4O/c1-2-8(1)9-5-14(4-3-11-9)6-10-12-7-15-13-10/h7-9,11H,1-6H2. The highest BCUT2D eigenvalue weighted by Gasteiger charge is 2.34. The normalized spacial score (nSPS) is 28.1. The molecule has 15 heavy (non-hydrogen) atoms. The Morgan fingerprint density at radius 3 is 3.20 bits per heavy atom. The Bertz CT molecular complexity index is 309. The van der Waals surface area contributed by atoms with E-state index in [1.807, 2.05) is 0 Å². The Morgan fingerprint density at radius 1 is 1.53 bits per heavy atom. The average molecular weight is 208 g/mol. The van der Waals surface area contributed by atoms with E-state index in [2.05, 4.69) is 20.4 Å². The molecular weight excluding hydrogens is 192 g/mol. The molecule has 0 spiro atoms. The molecule has 2 heterocycles. The van der Waals surface area contributed by atoms with Crippen LogP contribution in [0.15, 0.2) is 10.9 Å². The van der Waals surface area contributed by atoms with Crippen molar-refractivity contribution in [3.8, 4) is 0 Å². The van der Waals surface area contributed by atoms with Crippen molar-refractivity contribution in [3.05, 3.63) is 12.2 Å². The summed E-state index contributed by atoms with van der Waals surface area (Å²) in [5.74, 6) is 1.71. The van der Waals surface area contributed by atoms with Crippen molar-refractivity contribution < 1.29 is 4.52 Å². The summed E-state index contributed by atoms with van der Waals surface area (Å²) in [4.78, 5) is 6.46. The van der Waals surface area contributed by atoms with E-state index in [9.17, 15) is 0 Å².